The molecule has 2 N–H and O–H groups in total. The fourth-order valence-electron chi connectivity index (χ4n) is 2.21. The van der Waals surface area contributed by atoms with Gasteiger partial charge in [-0.2, -0.15) is 0 Å². The highest BCUT2D eigenvalue weighted by atomic mass is 32.1. The van der Waals surface area contributed by atoms with E-state index >= 15 is 0 Å². The first-order valence-corrected chi connectivity index (χ1v) is 7.93. The third-order valence-electron chi connectivity index (χ3n) is 3.24. The number of aromatic nitrogens is 3. The molecule has 23 heavy (non-hydrogen) atoms. The third-order valence-corrected chi connectivity index (χ3v) is 4.12. The lowest BCUT2D eigenvalue weighted by Crippen LogP contribution is -2.26. The summed E-state index contributed by atoms with van der Waals surface area (Å²) in [5.41, 5.74) is 2.17. The van der Waals surface area contributed by atoms with Crippen molar-refractivity contribution in [1.82, 2.24) is 19.9 Å². The first kappa shape index (κ1) is 15.2. The summed E-state index contributed by atoms with van der Waals surface area (Å²) in [6.45, 7) is 1.94. The van der Waals surface area contributed by atoms with Gasteiger partial charge < -0.3 is 10.6 Å². The molecule has 0 bridgehead atoms. The van der Waals surface area contributed by atoms with E-state index in [0.717, 1.165) is 10.7 Å². The van der Waals surface area contributed by atoms with E-state index in [2.05, 4.69) is 20.8 Å². The fourth-order valence-corrected chi connectivity index (χ4v) is 3.05. The average molecular weight is 329 g/mol. The molecule has 0 atom stereocenters. The quantitative estimate of drug-likeness (QED) is 0.746. The zero-order chi connectivity index (χ0) is 16.2. The van der Waals surface area contributed by atoms with Gasteiger partial charge in [-0.3, -0.25) is 14.0 Å². The van der Waals surface area contributed by atoms with Crippen molar-refractivity contribution < 1.29 is 9.59 Å². The Morgan fingerprint density at radius 1 is 1.35 bits per heavy atom. The fraction of sp³-hybridized carbons (Fsp3) is 0.200. The summed E-state index contributed by atoms with van der Waals surface area (Å²) in [4.78, 5) is 24.1. The van der Waals surface area contributed by atoms with Gasteiger partial charge in [-0.1, -0.05) is 6.07 Å². The van der Waals surface area contributed by atoms with Gasteiger partial charge in [0.2, 0.25) is 10.9 Å². The molecule has 0 aliphatic carbocycles. The Morgan fingerprint density at radius 3 is 3.04 bits per heavy atom. The van der Waals surface area contributed by atoms with Crippen LogP contribution in [-0.4, -0.2) is 33.0 Å². The Morgan fingerprint density at radius 2 is 2.22 bits per heavy atom. The largest absolute Gasteiger partial charge is 0.352 e. The smallest absolute Gasteiger partial charge is 0.251 e. The van der Waals surface area contributed by atoms with Crippen molar-refractivity contribution in [3.8, 4) is 0 Å². The van der Waals surface area contributed by atoms with Crippen LogP contribution in [0.2, 0.25) is 0 Å². The van der Waals surface area contributed by atoms with Gasteiger partial charge in [0.25, 0.3) is 5.91 Å². The predicted molar refractivity (Wildman–Crippen MR) is 87.6 cm³/mol. The van der Waals surface area contributed by atoms with Gasteiger partial charge in [0.1, 0.15) is 6.33 Å². The summed E-state index contributed by atoms with van der Waals surface area (Å²) in [5.74, 6) is -0.342. The second-order valence-electron chi connectivity index (χ2n) is 4.98. The molecule has 0 saturated heterocycles. The molecule has 3 rings (SSSR count). The van der Waals surface area contributed by atoms with Gasteiger partial charge in [-0.25, -0.2) is 0 Å². The van der Waals surface area contributed by atoms with Gasteiger partial charge in [0.15, 0.2) is 0 Å². The summed E-state index contributed by atoms with van der Waals surface area (Å²) in [5, 5.41) is 15.4. The van der Waals surface area contributed by atoms with Crippen LogP contribution < -0.4 is 10.6 Å². The first-order chi connectivity index (χ1) is 11.1. The van der Waals surface area contributed by atoms with Crippen LogP contribution in [0.1, 0.15) is 23.0 Å². The maximum atomic E-state index is 12.2. The van der Waals surface area contributed by atoms with E-state index in [1.165, 1.54) is 18.3 Å². The highest BCUT2D eigenvalue weighted by Gasteiger charge is 2.08. The molecular formula is C15H15N5O2S. The number of carbonyl (C=O) groups is 2. The average Bonchev–Trinajstić information content (AvgIpc) is 3.11. The molecule has 0 fully saturated rings. The number of thiazole rings is 1. The van der Waals surface area contributed by atoms with Crippen molar-refractivity contribution in [3.05, 3.63) is 47.2 Å². The Hall–Kier alpha value is -2.74. The minimum atomic E-state index is -0.174. The molecule has 0 radical (unpaired) electrons. The highest BCUT2D eigenvalue weighted by molar-refractivity contribution is 7.15. The van der Waals surface area contributed by atoms with E-state index < -0.39 is 0 Å². The molecule has 0 aliphatic rings. The number of fused-ring (bicyclic) bond motifs is 1. The second-order valence-corrected chi connectivity index (χ2v) is 5.82. The number of carbonyl (C=O) groups excluding carboxylic acids is 2. The maximum absolute atomic E-state index is 12.2. The van der Waals surface area contributed by atoms with Crippen molar-refractivity contribution >= 4 is 33.8 Å². The number of benzene rings is 1. The topological polar surface area (TPSA) is 88.4 Å². The lowest BCUT2D eigenvalue weighted by atomic mass is 10.2. The van der Waals surface area contributed by atoms with Gasteiger partial charge in [-0.05, 0) is 18.2 Å². The Bertz CT molecular complexity index is 854. The Labute approximate surface area is 136 Å². The van der Waals surface area contributed by atoms with Gasteiger partial charge >= 0.3 is 0 Å². The van der Waals surface area contributed by atoms with Gasteiger partial charge in [0.05, 0.1) is 0 Å². The monoisotopic (exact) mass is 329 g/mol. The Balaban J connectivity index is 1.59. The molecule has 2 heterocycles. The standard InChI is InChI=1S/C15H15N5O2S/c1-10(21)18-12-4-2-3-11(7-12)14(22)16-6-5-13-8-23-15-19-17-9-20(13)15/h2-4,7-9H,5-6H2,1H3,(H,16,22)(H,18,21). The van der Waals surface area contributed by atoms with Crippen LogP contribution in [0.4, 0.5) is 5.69 Å². The molecule has 2 aromatic heterocycles. The molecular weight excluding hydrogens is 314 g/mol. The van der Waals surface area contributed by atoms with Crippen molar-refractivity contribution in [2.75, 3.05) is 11.9 Å². The highest BCUT2D eigenvalue weighted by Crippen LogP contribution is 2.14. The second kappa shape index (κ2) is 6.57. The van der Waals surface area contributed by atoms with Crippen LogP contribution in [0.5, 0.6) is 0 Å². The van der Waals surface area contributed by atoms with E-state index in [1.54, 1.807) is 30.6 Å². The molecule has 0 unspecified atom stereocenters. The number of rotatable bonds is 5. The molecule has 0 saturated carbocycles. The molecule has 0 aliphatic heterocycles. The van der Waals surface area contributed by atoms with Crippen molar-refractivity contribution in [2.24, 2.45) is 0 Å². The zero-order valence-corrected chi connectivity index (χ0v) is 13.3. The molecule has 0 spiro atoms. The molecule has 8 heteroatoms. The van der Waals surface area contributed by atoms with Crippen molar-refractivity contribution in [2.45, 2.75) is 13.3 Å². The zero-order valence-electron chi connectivity index (χ0n) is 12.4. The van der Waals surface area contributed by atoms with Gasteiger partial charge in [-0.15, -0.1) is 21.5 Å². The van der Waals surface area contributed by atoms with Crippen LogP contribution in [0, 0.1) is 0 Å². The van der Waals surface area contributed by atoms with Crippen molar-refractivity contribution in [3.63, 3.8) is 0 Å². The van der Waals surface area contributed by atoms with Crippen LogP contribution in [0.15, 0.2) is 36.0 Å². The molecule has 2 amide bonds. The van der Waals surface area contributed by atoms with Crippen LogP contribution in [0.25, 0.3) is 4.96 Å². The SMILES string of the molecule is CC(=O)Nc1cccc(C(=O)NCCc2csc3nncn23)c1. The molecule has 118 valence electrons. The van der Waals surface area contributed by atoms with Crippen molar-refractivity contribution in [1.29, 1.82) is 0 Å². The molecule has 3 aromatic rings. The van der Waals surface area contributed by atoms with E-state index in [4.69, 9.17) is 0 Å². The minimum Gasteiger partial charge on any atom is -0.352 e. The summed E-state index contributed by atoms with van der Waals surface area (Å²) in [7, 11) is 0. The number of nitrogens with zero attached hydrogens (tertiary/aromatic N) is 3. The maximum Gasteiger partial charge on any atom is 0.251 e. The summed E-state index contributed by atoms with van der Waals surface area (Å²) < 4.78 is 1.91. The van der Waals surface area contributed by atoms with E-state index in [0.29, 0.717) is 24.2 Å². The van der Waals surface area contributed by atoms with E-state index in [-0.39, 0.29) is 11.8 Å². The summed E-state index contributed by atoms with van der Waals surface area (Å²) >= 11 is 1.52. The number of amides is 2. The lowest BCUT2D eigenvalue weighted by molar-refractivity contribution is -0.114. The first-order valence-electron chi connectivity index (χ1n) is 7.05. The number of hydrogen-bond donors (Lipinski definition) is 2. The third kappa shape index (κ3) is 3.54. The van der Waals surface area contributed by atoms with Crippen LogP contribution in [0.3, 0.4) is 0 Å². The summed E-state index contributed by atoms with van der Waals surface area (Å²) in [6.07, 6.45) is 2.36. The van der Waals surface area contributed by atoms with E-state index in [1.807, 2.05) is 9.78 Å². The predicted octanol–water partition coefficient (Wildman–Crippen LogP) is 1.72. The van der Waals surface area contributed by atoms with Gasteiger partial charge in [0, 0.05) is 42.2 Å². The molecule has 7 nitrogen and oxygen atoms in total. The minimum absolute atomic E-state index is 0.169. The number of hydrogen-bond acceptors (Lipinski definition) is 5. The lowest BCUT2D eigenvalue weighted by Gasteiger charge is -2.07. The van der Waals surface area contributed by atoms with Crippen LogP contribution >= 0.6 is 11.3 Å². The Kier molecular flexibility index (Phi) is 4.33. The normalized spacial score (nSPS) is 10.7. The molecule has 1 aromatic carbocycles. The number of anilines is 1. The van der Waals surface area contributed by atoms with E-state index in [9.17, 15) is 9.59 Å². The van der Waals surface area contributed by atoms with Crippen LogP contribution in [-0.2, 0) is 11.2 Å². The summed E-state index contributed by atoms with van der Waals surface area (Å²) in [6, 6.07) is 6.84. The number of nitrogens with one attached hydrogen (secondary N) is 2.